The number of halogens is 1. The average Bonchev–Trinajstić information content (AvgIpc) is 3.44. The number of imidazole rings is 1. The lowest BCUT2D eigenvalue weighted by Gasteiger charge is -2.15. The first-order valence-electron chi connectivity index (χ1n) is 10.9. The number of nitrogens with zero attached hydrogens (tertiary/aromatic N) is 3. The van der Waals surface area contributed by atoms with Crippen LogP contribution in [-0.4, -0.2) is 25.4 Å². The van der Waals surface area contributed by atoms with Gasteiger partial charge in [-0.25, -0.2) is 9.98 Å². The van der Waals surface area contributed by atoms with Gasteiger partial charge in [-0.15, -0.1) is 0 Å². The third-order valence-electron chi connectivity index (χ3n) is 5.83. The van der Waals surface area contributed by atoms with E-state index in [1.165, 1.54) is 12.5 Å². The molecule has 0 radical (unpaired) electrons. The van der Waals surface area contributed by atoms with Crippen molar-refractivity contribution < 1.29 is 14.6 Å². The van der Waals surface area contributed by atoms with Gasteiger partial charge in [0.15, 0.2) is 17.4 Å². The molecule has 0 atom stereocenters. The summed E-state index contributed by atoms with van der Waals surface area (Å²) in [6.45, 7) is 0. The second kappa shape index (κ2) is 8.38. The minimum absolute atomic E-state index is 0.000400. The number of ether oxygens (including phenoxy) is 2. The summed E-state index contributed by atoms with van der Waals surface area (Å²) in [5.41, 5.74) is 4.30. The molecule has 2 aromatic heterocycles. The van der Waals surface area contributed by atoms with E-state index in [0.717, 1.165) is 28.0 Å². The second-order valence-corrected chi connectivity index (χ2v) is 8.51. The van der Waals surface area contributed by atoms with Crippen molar-refractivity contribution in [1.29, 1.82) is 0 Å². The topological polar surface area (TPSA) is 84.7 Å². The fraction of sp³-hybridized carbons (Fsp3) is 0.0370. The molecule has 3 aromatic carbocycles. The molecule has 7 nitrogen and oxygen atoms in total. The summed E-state index contributed by atoms with van der Waals surface area (Å²) < 4.78 is 13.1. The number of aryl methyl sites for hydroxylation is 1. The molecule has 0 amide bonds. The molecular formula is C27H19ClN4O3. The summed E-state index contributed by atoms with van der Waals surface area (Å²) >= 11 is 6.18. The van der Waals surface area contributed by atoms with Gasteiger partial charge in [0, 0.05) is 41.0 Å². The van der Waals surface area contributed by atoms with E-state index in [1.54, 1.807) is 18.3 Å². The molecule has 5 aromatic rings. The molecule has 3 heterocycles. The molecule has 0 aliphatic carbocycles. The quantitative estimate of drug-likeness (QED) is 0.293. The molecular weight excluding hydrogens is 464 g/mol. The molecule has 0 spiro atoms. The summed E-state index contributed by atoms with van der Waals surface area (Å²) in [5, 5.41) is 12.3. The lowest BCUT2D eigenvalue weighted by atomic mass is 10.00. The smallest absolute Gasteiger partial charge is 0.199 e. The number of aromatic hydroxyl groups is 1. The van der Waals surface area contributed by atoms with Gasteiger partial charge in [-0.3, -0.25) is 0 Å². The van der Waals surface area contributed by atoms with E-state index in [9.17, 15) is 5.11 Å². The molecule has 172 valence electrons. The van der Waals surface area contributed by atoms with Gasteiger partial charge in [0.25, 0.3) is 0 Å². The first kappa shape index (κ1) is 21.1. The van der Waals surface area contributed by atoms with Crippen molar-refractivity contribution in [1.82, 2.24) is 14.5 Å². The number of hydrogen-bond acceptors (Lipinski definition) is 5. The molecule has 35 heavy (non-hydrogen) atoms. The first-order valence-corrected chi connectivity index (χ1v) is 11.2. The third kappa shape index (κ3) is 3.82. The van der Waals surface area contributed by atoms with Crippen molar-refractivity contribution in [2.24, 2.45) is 12.0 Å². The molecule has 1 aliphatic heterocycles. The SMILES string of the molecule is Cn1ccnc1-c1ccc(N=C(c2ccc3c(c2)OC=CO3)c2c(O)[nH]c3cc(Cl)ccc23)cc1. The molecule has 6 rings (SSSR count). The Labute approximate surface area is 205 Å². The van der Waals surface area contributed by atoms with E-state index in [-0.39, 0.29) is 5.88 Å². The van der Waals surface area contributed by atoms with E-state index >= 15 is 0 Å². The van der Waals surface area contributed by atoms with Gasteiger partial charge in [0.1, 0.15) is 18.3 Å². The van der Waals surface area contributed by atoms with Crippen LogP contribution in [0.1, 0.15) is 11.1 Å². The Morgan fingerprint density at radius 1 is 1.00 bits per heavy atom. The van der Waals surface area contributed by atoms with Gasteiger partial charge in [-0.05, 0) is 54.6 Å². The number of aromatic amines is 1. The van der Waals surface area contributed by atoms with Crippen molar-refractivity contribution in [3.63, 3.8) is 0 Å². The van der Waals surface area contributed by atoms with E-state index in [1.807, 2.05) is 66.3 Å². The number of benzene rings is 3. The standard InChI is InChI=1S/C27H19ClN4O3/c1-32-11-10-29-26(32)16-2-6-19(7-3-16)30-25(17-4-9-22-23(14-17)35-13-12-34-22)24-20-8-5-18(28)15-21(20)31-27(24)33/h2-15,31,33H,1H3. The maximum Gasteiger partial charge on any atom is 0.199 e. The van der Waals surface area contributed by atoms with Gasteiger partial charge < -0.3 is 24.1 Å². The van der Waals surface area contributed by atoms with E-state index < -0.39 is 0 Å². The Balaban J connectivity index is 1.51. The molecule has 8 heteroatoms. The number of rotatable bonds is 4. The van der Waals surface area contributed by atoms with Crippen LogP contribution in [0, 0.1) is 0 Å². The molecule has 0 saturated heterocycles. The predicted molar refractivity (Wildman–Crippen MR) is 136 cm³/mol. The number of H-pyrrole nitrogens is 1. The van der Waals surface area contributed by atoms with Crippen LogP contribution >= 0.6 is 11.6 Å². The molecule has 0 unspecified atom stereocenters. The predicted octanol–water partition coefficient (Wildman–Crippen LogP) is 6.34. The summed E-state index contributed by atoms with van der Waals surface area (Å²) in [5.74, 6) is 2.03. The molecule has 1 aliphatic rings. The van der Waals surface area contributed by atoms with Crippen molar-refractivity contribution >= 4 is 33.9 Å². The van der Waals surface area contributed by atoms with Crippen LogP contribution in [0.3, 0.4) is 0 Å². The van der Waals surface area contributed by atoms with Crippen LogP contribution in [-0.2, 0) is 7.05 Å². The maximum absolute atomic E-state index is 10.9. The highest BCUT2D eigenvalue weighted by molar-refractivity contribution is 6.31. The Kier molecular flexibility index (Phi) is 5.04. The fourth-order valence-corrected chi connectivity index (χ4v) is 4.34. The van der Waals surface area contributed by atoms with Crippen molar-refractivity contribution in [2.75, 3.05) is 0 Å². The zero-order chi connectivity index (χ0) is 23.9. The number of nitrogens with one attached hydrogen (secondary N) is 1. The van der Waals surface area contributed by atoms with Crippen LogP contribution < -0.4 is 9.47 Å². The number of fused-ring (bicyclic) bond motifs is 2. The lowest BCUT2D eigenvalue weighted by Crippen LogP contribution is -2.05. The van der Waals surface area contributed by atoms with Crippen LogP contribution in [0.5, 0.6) is 17.4 Å². The Morgan fingerprint density at radius 2 is 1.80 bits per heavy atom. The zero-order valence-electron chi connectivity index (χ0n) is 18.6. The van der Waals surface area contributed by atoms with Gasteiger partial charge in [0.2, 0.25) is 0 Å². The normalized spacial score (nSPS) is 12.9. The van der Waals surface area contributed by atoms with Crippen LogP contribution in [0.2, 0.25) is 5.02 Å². The highest BCUT2D eigenvalue weighted by Gasteiger charge is 2.21. The minimum Gasteiger partial charge on any atom is -0.494 e. The van der Waals surface area contributed by atoms with E-state index in [0.29, 0.717) is 33.3 Å². The summed E-state index contributed by atoms with van der Waals surface area (Å²) in [4.78, 5) is 12.4. The second-order valence-electron chi connectivity index (χ2n) is 8.08. The lowest BCUT2D eigenvalue weighted by molar-refractivity contribution is 0.361. The van der Waals surface area contributed by atoms with Crippen LogP contribution in [0.4, 0.5) is 5.69 Å². The maximum atomic E-state index is 10.9. The van der Waals surface area contributed by atoms with Crippen molar-refractivity contribution in [3.8, 4) is 28.8 Å². The number of hydrogen-bond donors (Lipinski definition) is 2. The molecule has 0 fully saturated rings. The van der Waals surface area contributed by atoms with E-state index in [2.05, 4.69) is 9.97 Å². The number of aromatic nitrogens is 3. The zero-order valence-corrected chi connectivity index (χ0v) is 19.3. The molecule has 0 saturated carbocycles. The average molecular weight is 483 g/mol. The number of aliphatic imine (C=N–C) groups is 1. The third-order valence-corrected chi connectivity index (χ3v) is 6.06. The van der Waals surface area contributed by atoms with E-state index in [4.69, 9.17) is 26.1 Å². The van der Waals surface area contributed by atoms with Gasteiger partial charge in [0.05, 0.1) is 22.5 Å². The van der Waals surface area contributed by atoms with Crippen LogP contribution in [0.15, 0.2) is 90.6 Å². The monoisotopic (exact) mass is 482 g/mol. The van der Waals surface area contributed by atoms with Gasteiger partial charge >= 0.3 is 0 Å². The summed E-state index contributed by atoms with van der Waals surface area (Å²) in [6, 6.07) is 18.8. The first-order chi connectivity index (χ1) is 17.1. The summed E-state index contributed by atoms with van der Waals surface area (Å²) in [6.07, 6.45) is 6.63. The van der Waals surface area contributed by atoms with Gasteiger partial charge in [-0.1, -0.05) is 17.7 Å². The van der Waals surface area contributed by atoms with Gasteiger partial charge in [-0.2, -0.15) is 0 Å². The fourth-order valence-electron chi connectivity index (χ4n) is 4.16. The van der Waals surface area contributed by atoms with Crippen LogP contribution in [0.25, 0.3) is 22.3 Å². The molecule has 0 bridgehead atoms. The minimum atomic E-state index is 0.000400. The Morgan fingerprint density at radius 3 is 2.57 bits per heavy atom. The Hall–Kier alpha value is -4.49. The van der Waals surface area contributed by atoms with Crippen molar-refractivity contribution in [3.05, 3.63) is 102 Å². The highest BCUT2D eigenvalue weighted by atomic mass is 35.5. The Bertz CT molecular complexity index is 1630. The summed E-state index contributed by atoms with van der Waals surface area (Å²) in [7, 11) is 1.95. The van der Waals surface area contributed by atoms with Crippen molar-refractivity contribution in [2.45, 2.75) is 0 Å². The highest BCUT2D eigenvalue weighted by Crippen LogP contribution is 2.36. The molecule has 2 N–H and O–H groups in total. The largest absolute Gasteiger partial charge is 0.494 e.